The first-order valence-electron chi connectivity index (χ1n) is 23.0. The fourth-order valence-electron chi connectivity index (χ4n) is 5.69. The first-order valence-corrected chi connectivity index (χ1v) is 23.0. The minimum atomic E-state index is -2.35. The van der Waals surface area contributed by atoms with E-state index in [9.17, 15) is 26.7 Å². The molecule has 370 valence electrons. The van der Waals surface area contributed by atoms with Gasteiger partial charge in [-0.1, -0.05) is 90.4 Å². The molecule has 0 amide bonds. The number of benzene rings is 1. The molecule has 0 aromatic heterocycles. The SMILES string of the molecule is CCCCCCCCCCCCCCCCOCCOCCOCCOCCOCCOCCOCCOCCOCCOCCOCCC(=O)Oc1c(F)c(F)c(F)c(F)c1F. The van der Waals surface area contributed by atoms with Crippen LogP contribution >= 0.6 is 0 Å². The van der Waals surface area contributed by atoms with Crippen molar-refractivity contribution in [3.05, 3.63) is 29.1 Å². The van der Waals surface area contributed by atoms with Crippen molar-refractivity contribution < 1.29 is 83.6 Å². The Morgan fingerprint density at radius 1 is 0.302 bits per heavy atom. The quantitative estimate of drug-likeness (QED) is 0.0155. The Bertz CT molecular complexity index is 1160. The molecule has 63 heavy (non-hydrogen) atoms. The predicted octanol–water partition coefficient (Wildman–Crippen LogP) is 8.34. The summed E-state index contributed by atoms with van der Waals surface area (Å²) in [7, 11) is 0. The molecule has 0 fully saturated rings. The van der Waals surface area contributed by atoms with Crippen LogP contribution in [0.25, 0.3) is 0 Å². The summed E-state index contributed by atoms with van der Waals surface area (Å²) < 4.78 is 131. The molecule has 13 nitrogen and oxygen atoms in total. The van der Waals surface area contributed by atoms with Gasteiger partial charge in [-0.25, -0.2) is 13.2 Å². The highest BCUT2D eigenvalue weighted by molar-refractivity contribution is 5.72. The number of ether oxygens (including phenoxy) is 12. The van der Waals surface area contributed by atoms with Gasteiger partial charge in [-0.15, -0.1) is 0 Å². The lowest BCUT2D eigenvalue weighted by atomic mass is 10.0. The zero-order valence-electron chi connectivity index (χ0n) is 37.9. The van der Waals surface area contributed by atoms with Gasteiger partial charge in [-0.05, 0) is 6.42 Å². The summed E-state index contributed by atoms with van der Waals surface area (Å²) in [5, 5.41) is 0. The third-order valence-corrected chi connectivity index (χ3v) is 9.20. The normalized spacial score (nSPS) is 11.6. The minimum absolute atomic E-state index is 0.0818. The number of esters is 1. The highest BCUT2D eigenvalue weighted by Gasteiger charge is 2.28. The second kappa shape index (κ2) is 45.1. The average molecular weight is 921 g/mol. The maximum atomic E-state index is 13.6. The van der Waals surface area contributed by atoms with Crippen LogP contribution in [0, 0.1) is 29.1 Å². The Morgan fingerprint density at radius 2 is 0.524 bits per heavy atom. The number of halogens is 5. The smallest absolute Gasteiger partial charge is 0.313 e. The number of unbranched alkanes of at least 4 members (excludes halogenated alkanes) is 13. The van der Waals surface area contributed by atoms with Crippen molar-refractivity contribution in [2.24, 2.45) is 0 Å². The van der Waals surface area contributed by atoms with Gasteiger partial charge in [0.1, 0.15) is 0 Å². The van der Waals surface area contributed by atoms with Gasteiger partial charge in [-0.2, -0.15) is 8.78 Å². The molecule has 0 N–H and O–H groups in total. The van der Waals surface area contributed by atoms with Gasteiger partial charge in [0, 0.05) is 6.61 Å². The molecular formula is C45H77F5O13. The zero-order valence-corrected chi connectivity index (χ0v) is 37.9. The summed E-state index contributed by atoms with van der Waals surface area (Å²) in [5.74, 6) is -14.1. The monoisotopic (exact) mass is 921 g/mol. The lowest BCUT2D eigenvalue weighted by Crippen LogP contribution is -2.16. The number of hydrogen-bond acceptors (Lipinski definition) is 13. The van der Waals surface area contributed by atoms with Crippen LogP contribution in [-0.2, 0) is 56.9 Å². The van der Waals surface area contributed by atoms with Gasteiger partial charge in [0.25, 0.3) is 0 Å². The summed E-state index contributed by atoms with van der Waals surface area (Å²) in [6.45, 7) is 11.3. The van der Waals surface area contributed by atoms with Crippen LogP contribution in [0.1, 0.15) is 103 Å². The summed E-state index contributed by atoms with van der Waals surface area (Å²) in [4.78, 5) is 11.7. The molecule has 0 aliphatic carbocycles. The van der Waals surface area contributed by atoms with E-state index in [0.29, 0.717) is 112 Å². The van der Waals surface area contributed by atoms with Crippen molar-refractivity contribution in [3.63, 3.8) is 0 Å². The van der Waals surface area contributed by atoms with E-state index in [-0.39, 0.29) is 26.4 Å². The molecule has 0 saturated heterocycles. The molecule has 1 aromatic rings. The minimum Gasteiger partial charge on any atom is -0.420 e. The number of rotatable bonds is 49. The lowest BCUT2D eigenvalue weighted by Gasteiger charge is -2.09. The third-order valence-electron chi connectivity index (χ3n) is 9.20. The Morgan fingerprint density at radius 3 is 0.810 bits per heavy atom. The van der Waals surface area contributed by atoms with Gasteiger partial charge in [-0.3, -0.25) is 4.79 Å². The number of hydrogen-bond donors (Lipinski definition) is 0. The largest absolute Gasteiger partial charge is 0.420 e. The van der Waals surface area contributed by atoms with E-state index in [1.807, 2.05) is 0 Å². The molecule has 0 radical (unpaired) electrons. The Hall–Kier alpha value is -2.10. The summed E-state index contributed by atoms with van der Waals surface area (Å²) in [6, 6.07) is 0. The number of carbonyl (C=O) groups excluding carboxylic acids is 1. The molecule has 0 spiro atoms. The van der Waals surface area contributed by atoms with Crippen LogP contribution in [0.15, 0.2) is 0 Å². The molecule has 0 bridgehead atoms. The van der Waals surface area contributed by atoms with E-state index in [1.54, 1.807) is 0 Å². The first-order chi connectivity index (χ1) is 30.9. The van der Waals surface area contributed by atoms with Gasteiger partial charge in [0.15, 0.2) is 0 Å². The predicted molar refractivity (Wildman–Crippen MR) is 226 cm³/mol. The summed E-state index contributed by atoms with van der Waals surface area (Å²) in [6.07, 6.45) is 18.5. The Kier molecular flexibility index (Phi) is 42.2. The van der Waals surface area contributed by atoms with Crippen molar-refractivity contribution in [3.8, 4) is 5.75 Å². The zero-order chi connectivity index (χ0) is 45.7. The Labute approximate surface area is 372 Å². The van der Waals surface area contributed by atoms with Crippen LogP contribution < -0.4 is 4.74 Å². The molecule has 1 rings (SSSR count). The van der Waals surface area contributed by atoms with Gasteiger partial charge < -0.3 is 56.8 Å². The van der Waals surface area contributed by atoms with Crippen molar-refractivity contribution >= 4 is 5.97 Å². The van der Waals surface area contributed by atoms with Gasteiger partial charge in [0.2, 0.25) is 34.8 Å². The maximum Gasteiger partial charge on any atom is 0.313 e. The molecule has 0 heterocycles. The van der Waals surface area contributed by atoms with Crippen molar-refractivity contribution in [1.82, 2.24) is 0 Å². The van der Waals surface area contributed by atoms with Crippen molar-refractivity contribution in [2.45, 2.75) is 103 Å². The highest BCUT2D eigenvalue weighted by Crippen LogP contribution is 2.29. The lowest BCUT2D eigenvalue weighted by molar-refractivity contribution is -0.136. The van der Waals surface area contributed by atoms with E-state index in [0.717, 1.165) is 13.0 Å². The van der Waals surface area contributed by atoms with Crippen LogP contribution in [0.5, 0.6) is 5.75 Å². The summed E-state index contributed by atoms with van der Waals surface area (Å²) in [5.41, 5.74) is 0. The maximum absolute atomic E-state index is 13.6. The Balaban J connectivity index is 1.67. The van der Waals surface area contributed by atoms with E-state index in [4.69, 9.17) is 52.1 Å². The fourth-order valence-corrected chi connectivity index (χ4v) is 5.69. The standard InChI is InChI=1S/C45H77F5O13/c1-2-3-4-5-6-7-8-9-10-11-12-13-14-15-17-52-19-21-54-23-25-56-27-29-58-31-33-60-35-37-62-38-36-61-34-32-59-30-28-57-26-24-55-22-20-53-18-16-39(51)63-45-43(49)41(47)40(46)42(48)44(45)50/h2-38H2,1H3. The van der Waals surface area contributed by atoms with E-state index >= 15 is 0 Å². The van der Waals surface area contributed by atoms with E-state index in [1.165, 1.54) is 83.5 Å². The fraction of sp³-hybridized carbons (Fsp3) is 0.844. The van der Waals surface area contributed by atoms with Crippen molar-refractivity contribution in [2.75, 3.05) is 145 Å². The second-order valence-corrected chi connectivity index (χ2v) is 14.5. The molecule has 18 heteroatoms. The van der Waals surface area contributed by atoms with Gasteiger partial charge >= 0.3 is 5.97 Å². The van der Waals surface area contributed by atoms with Crippen LogP contribution in [0.4, 0.5) is 22.0 Å². The molecule has 0 aliphatic rings. The molecule has 0 saturated carbocycles. The van der Waals surface area contributed by atoms with Crippen LogP contribution in [0.3, 0.4) is 0 Å². The van der Waals surface area contributed by atoms with Crippen molar-refractivity contribution in [1.29, 1.82) is 0 Å². The topological polar surface area (TPSA) is 128 Å². The van der Waals surface area contributed by atoms with E-state index in [2.05, 4.69) is 11.7 Å². The molecule has 0 aliphatic heterocycles. The molecule has 1 aromatic carbocycles. The van der Waals surface area contributed by atoms with Crippen LogP contribution in [-0.4, -0.2) is 151 Å². The second-order valence-electron chi connectivity index (χ2n) is 14.5. The summed E-state index contributed by atoms with van der Waals surface area (Å²) >= 11 is 0. The molecule has 0 unspecified atom stereocenters. The van der Waals surface area contributed by atoms with Gasteiger partial charge in [0.05, 0.1) is 145 Å². The van der Waals surface area contributed by atoms with Crippen LogP contribution in [0.2, 0.25) is 0 Å². The van der Waals surface area contributed by atoms with E-state index < -0.39 is 47.2 Å². The molecular weight excluding hydrogens is 843 g/mol. The average Bonchev–Trinajstić information content (AvgIpc) is 3.28. The third kappa shape index (κ3) is 35.8. The highest BCUT2D eigenvalue weighted by atomic mass is 19.2. The number of carbonyl (C=O) groups is 1. The molecule has 0 atom stereocenters. The first kappa shape index (κ1) is 58.9.